The van der Waals surface area contributed by atoms with Gasteiger partial charge in [0.1, 0.15) is 0 Å². The van der Waals surface area contributed by atoms with E-state index in [1.807, 2.05) is 0 Å². The number of amides is 1. The molecule has 0 radical (unpaired) electrons. The quantitative estimate of drug-likeness (QED) is 0.791. The number of nitrogen functional groups attached to an aromatic ring is 1. The van der Waals surface area contributed by atoms with Crippen LogP contribution < -0.4 is 11.1 Å². The zero-order chi connectivity index (χ0) is 15.0. The molecule has 0 spiro atoms. The minimum atomic E-state index is -3.60. The van der Waals surface area contributed by atoms with Crippen LogP contribution in [-0.2, 0) is 14.8 Å². The van der Waals surface area contributed by atoms with E-state index in [1.54, 1.807) is 26.1 Å². The molecule has 1 atom stereocenters. The summed E-state index contributed by atoms with van der Waals surface area (Å²) in [5.41, 5.74) is 5.35. The lowest BCUT2D eigenvalue weighted by Gasteiger charge is -2.22. The van der Waals surface area contributed by atoms with Crippen molar-refractivity contribution < 1.29 is 13.2 Å². The summed E-state index contributed by atoms with van der Waals surface area (Å²) < 4.78 is 26.4. The number of carbonyl (C=O) groups is 1. The van der Waals surface area contributed by atoms with Crippen molar-refractivity contribution in [2.75, 3.05) is 25.9 Å². The Morgan fingerprint density at radius 3 is 2.75 bits per heavy atom. The van der Waals surface area contributed by atoms with Gasteiger partial charge in [0.2, 0.25) is 15.9 Å². The van der Waals surface area contributed by atoms with Crippen LogP contribution in [0.2, 0.25) is 0 Å². The van der Waals surface area contributed by atoms with Gasteiger partial charge in [-0.25, -0.2) is 8.42 Å². The maximum absolute atomic E-state index is 12.5. The lowest BCUT2D eigenvalue weighted by Crippen LogP contribution is -2.40. The van der Waals surface area contributed by atoms with Gasteiger partial charge in [-0.3, -0.25) is 4.79 Å². The highest BCUT2D eigenvalue weighted by Crippen LogP contribution is 2.33. The molecule has 1 fully saturated rings. The summed E-state index contributed by atoms with van der Waals surface area (Å²) in [6.07, 6.45) is 0.508. The molecule has 110 valence electrons. The number of sulfonamides is 1. The van der Waals surface area contributed by atoms with E-state index in [2.05, 4.69) is 5.32 Å². The summed E-state index contributed by atoms with van der Waals surface area (Å²) in [6.45, 7) is 2.30. The molecule has 0 aromatic heterocycles. The van der Waals surface area contributed by atoms with Crippen molar-refractivity contribution in [1.29, 1.82) is 0 Å². The first-order chi connectivity index (χ1) is 9.29. The van der Waals surface area contributed by atoms with Crippen LogP contribution in [0.15, 0.2) is 29.2 Å². The number of nitrogens with two attached hydrogens (primary N) is 1. The molecule has 1 saturated heterocycles. The molecule has 0 bridgehead atoms. The zero-order valence-electron chi connectivity index (χ0n) is 11.6. The fourth-order valence-electron chi connectivity index (χ4n) is 2.44. The molecule has 1 amide bonds. The van der Waals surface area contributed by atoms with Crippen LogP contribution in [0.25, 0.3) is 0 Å². The maximum atomic E-state index is 12.5. The fraction of sp³-hybridized carbons (Fsp3) is 0.462. The van der Waals surface area contributed by atoms with Gasteiger partial charge in [0.25, 0.3) is 0 Å². The molecule has 1 aliphatic rings. The lowest BCUT2D eigenvalue weighted by molar-refractivity contribution is -0.128. The molecule has 1 aliphatic heterocycles. The summed E-state index contributed by atoms with van der Waals surface area (Å²) in [5.74, 6) is -0.136. The molecule has 7 heteroatoms. The summed E-state index contributed by atoms with van der Waals surface area (Å²) in [6, 6.07) is 6.19. The van der Waals surface area contributed by atoms with Gasteiger partial charge in [0.05, 0.1) is 10.3 Å². The van der Waals surface area contributed by atoms with Crippen LogP contribution in [0.5, 0.6) is 0 Å². The number of hydrogen-bond acceptors (Lipinski definition) is 4. The third-order valence-corrected chi connectivity index (χ3v) is 5.55. The number of anilines is 1. The Morgan fingerprint density at radius 1 is 1.45 bits per heavy atom. The molecule has 0 saturated carbocycles. The molecular weight excluding hydrogens is 278 g/mol. The van der Waals surface area contributed by atoms with Crippen LogP contribution in [0, 0.1) is 5.41 Å². The zero-order valence-corrected chi connectivity index (χ0v) is 12.4. The topological polar surface area (TPSA) is 92.5 Å². The van der Waals surface area contributed by atoms with E-state index in [0.717, 1.165) is 0 Å². The molecule has 20 heavy (non-hydrogen) atoms. The summed E-state index contributed by atoms with van der Waals surface area (Å²) in [4.78, 5) is 12.0. The van der Waals surface area contributed by atoms with Crippen LogP contribution in [0.3, 0.4) is 0 Å². The average Bonchev–Trinajstić information content (AvgIpc) is 2.82. The fourth-order valence-corrected chi connectivity index (χ4v) is 4.06. The van der Waals surface area contributed by atoms with Gasteiger partial charge in [-0.1, -0.05) is 6.07 Å². The molecule has 1 unspecified atom stereocenters. The van der Waals surface area contributed by atoms with Gasteiger partial charge < -0.3 is 11.1 Å². The normalized spacial score (nSPS) is 23.7. The first-order valence-electron chi connectivity index (χ1n) is 6.37. The number of nitrogens with one attached hydrogen (secondary N) is 1. The van der Waals surface area contributed by atoms with Crippen molar-refractivity contribution >= 4 is 21.6 Å². The van der Waals surface area contributed by atoms with E-state index < -0.39 is 15.4 Å². The van der Waals surface area contributed by atoms with Crippen molar-refractivity contribution in [3.05, 3.63) is 24.3 Å². The van der Waals surface area contributed by atoms with Crippen LogP contribution >= 0.6 is 0 Å². The standard InChI is InChI=1S/C13H19N3O3S/c1-13(12(17)15-2)6-7-16(9-13)20(18,19)11-5-3-4-10(14)8-11/h3-5,8H,6-7,9,14H2,1-2H3,(H,15,17). The first-order valence-corrected chi connectivity index (χ1v) is 7.81. The van der Waals surface area contributed by atoms with Crippen molar-refractivity contribution in [2.45, 2.75) is 18.2 Å². The maximum Gasteiger partial charge on any atom is 0.243 e. The monoisotopic (exact) mass is 297 g/mol. The van der Waals surface area contributed by atoms with E-state index in [9.17, 15) is 13.2 Å². The lowest BCUT2D eigenvalue weighted by atomic mass is 9.89. The number of carbonyl (C=O) groups excluding carboxylic acids is 1. The molecule has 6 nitrogen and oxygen atoms in total. The average molecular weight is 297 g/mol. The smallest absolute Gasteiger partial charge is 0.243 e. The van der Waals surface area contributed by atoms with E-state index in [0.29, 0.717) is 18.7 Å². The van der Waals surface area contributed by atoms with E-state index in [4.69, 9.17) is 5.73 Å². The molecular formula is C13H19N3O3S. The summed E-state index contributed by atoms with van der Waals surface area (Å²) in [7, 11) is -2.04. The Kier molecular flexibility index (Phi) is 3.75. The predicted molar refractivity (Wildman–Crippen MR) is 76.4 cm³/mol. The van der Waals surface area contributed by atoms with Crippen molar-refractivity contribution in [3.8, 4) is 0 Å². The van der Waals surface area contributed by atoms with Crippen LogP contribution in [-0.4, -0.2) is 38.8 Å². The van der Waals surface area contributed by atoms with Crippen molar-refractivity contribution in [2.24, 2.45) is 5.41 Å². The van der Waals surface area contributed by atoms with Gasteiger partial charge in [-0.15, -0.1) is 0 Å². The molecule has 1 aromatic rings. The summed E-state index contributed by atoms with van der Waals surface area (Å²) in [5, 5.41) is 2.59. The van der Waals surface area contributed by atoms with Crippen LogP contribution in [0.1, 0.15) is 13.3 Å². The van der Waals surface area contributed by atoms with Gasteiger partial charge in [-0.2, -0.15) is 4.31 Å². The third-order valence-electron chi connectivity index (χ3n) is 3.71. The van der Waals surface area contributed by atoms with Crippen molar-refractivity contribution in [1.82, 2.24) is 9.62 Å². The van der Waals surface area contributed by atoms with Gasteiger partial charge in [0.15, 0.2) is 0 Å². The SMILES string of the molecule is CNC(=O)C1(C)CCN(S(=O)(=O)c2cccc(N)c2)C1. The summed E-state index contributed by atoms with van der Waals surface area (Å²) >= 11 is 0. The Morgan fingerprint density at radius 2 is 2.15 bits per heavy atom. The second-order valence-corrected chi connectivity index (χ2v) is 7.24. The Balaban J connectivity index is 2.27. The largest absolute Gasteiger partial charge is 0.399 e. The Hall–Kier alpha value is -1.60. The van der Waals surface area contributed by atoms with E-state index in [-0.39, 0.29) is 17.3 Å². The molecule has 2 rings (SSSR count). The second kappa shape index (κ2) is 5.06. The Labute approximate surface area is 119 Å². The minimum absolute atomic E-state index is 0.136. The van der Waals surface area contributed by atoms with Crippen molar-refractivity contribution in [3.63, 3.8) is 0 Å². The molecule has 1 heterocycles. The second-order valence-electron chi connectivity index (χ2n) is 5.30. The number of benzene rings is 1. The van der Waals surface area contributed by atoms with Crippen LogP contribution in [0.4, 0.5) is 5.69 Å². The predicted octanol–water partition coefficient (Wildman–Crippen LogP) is 0.416. The van der Waals surface area contributed by atoms with E-state index in [1.165, 1.54) is 16.4 Å². The number of hydrogen-bond donors (Lipinski definition) is 2. The molecule has 1 aromatic carbocycles. The Bertz CT molecular complexity index is 630. The highest BCUT2D eigenvalue weighted by atomic mass is 32.2. The van der Waals surface area contributed by atoms with E-state index >= 15 is 0 Å². The van der Waals surface area contributed by atoms with Gasteiger partial charge >= 0.3 is 0 Å². The number of rotatable bonds is 3. The molecule has 3 N–H and O–H groups in total. The van der Waals surface area contributed by atoms with Gasteiger partial charge in [-0.05, 0) is 31.5 Å². The van der Waals surface area contributed by atoms with Gasteiger partial charge in [0, 0.05) is 25.8 Å². The minimum Gasteiger partial charge on any atom is -0.399 e. The third kappa shape index (κ3) is 2.51. The number of nitrogens with zero attached hydrogens (tertiary/aromatic N) is 1. The molecule has 0 aliphatic carbocycles. The highest BCUT2D eigenvalue weighted by Gasteiger charge is 2.44. The highest BCUT2D eigenvalue weighted by molar-refractivity contribution is 7.89. The first kappa shape index (κ1) is 14.8.